The van der Waals surface area contributed by atoms with E-state index in [0.717, 1.165) is 56.1 Å². The summed E-state index contributed by atoms with van der Waals surface area (Å²) in [6, 6.07) is 8.61. The first-order chi connectivity index (χ1) is 13.7. The molecule has 0 bridgehead atoms. The summed E-state index contributed by atoms with van der Waals surface area (Å²) >= 11 is 0. The van der Waals surface area contributed by atoms with Crippen molar-refractivity contribution < 1.29 is 5.11 Å². The van der Waals surface area contributed by atoms with E-state index in [2.05, 4.69) is 38.8 Å². The summed E-state index contributed by atoms with van der Waals surface area (Å²) in [5, 5.41) is 10.8. The standard InChI is InChI=1S/C23H32N4O/c1-18-7-6-8-20(13-18)23-24-14-19(15-25-23)16-26-12-9-21(22(28)17-26)27-10-4-2-3-5-11-27/h6-8,13-15,21-22,28H,2-5,9-12,16-17H2,1H3/t21-,22-/m1/s1. The van der Waals surface area contributed by atoms with E-state index in [1.807, 2.05) is 24.5 Å². The Morgan fingerprint density at radius 3 is 2.46 bits per heavy atom. The van der Waals surface area contributed by atoms with Crippen molar-refractivity contribution in [1.29, 1.82) is 0 Å². The Labute approximate surface area is 168 Å². The molecule has 2 fully saturated rings. The minimum absolute atomic E-state index is 0.265. The van der Waals surface area contributed by atoms with Gasteiger partial charge < -0.3 is 5.11 Å². The zero-order valence-electron chi connectivity index (χ0n) is 16.9. The van der Waals surface area contributed by atoms with Crippen LogP contribution in [-0.2, 0) is 6.54 Å². The molecule has 0 unspecified atom stereocenters. The van der Waals surface area contributed by atoms with Crippen molar-refractivity contribution in [1.82, 2.24) is 19.8 Å². The van der Waals surface area contributed by atoms with Crippen LogP contribution in [0.5, 0.6) is 0 Å². The number of benzene rings is 1. The van der Waals surface area contributed by atoms with E-state index in [1.165, 1.54) is 31.2 Å². The molecule has 28 heavy (non-hydrogen) atoms. The smallest absolute Gasteiger partial charge is 0.159 e. The number of aliphatic hydroxyl groups excluding tert-OH is 1. The van der Waals surface area contributed by atoms with Crippen LogP contribution in [0.4, 0.5) is 0 Å². The maximum Gasteiger partial charge on any atom is 0.159 e. The average Bonchev–Trinajstić information content (AvgIpc) is 2.98. The first kappa shape index (κ1) is 19.5. The molecule has 1 aromatic carbocycles. The lowest BCUT2D eigenvalue weighted by atomic mass is 9.99. The zero-order chi connectivity index (χ0) is 19.3. The van der Waals surface area contributed by atoms with Gasteiger partial charge in [0.1, 0.15) is 0 Å². The van der Waals surface area contributed by atoms with Gasteiger partial charge in [0, 0.05) is 49.2 Å². The number of hydrogen-bond acceptors (Lipinski definition) is 5. The fourth-order valence-corrected chi connectivity index (χ4v) is 4.61. The highest BCUT2D eigenvalue weighted by atomic mass is 16.3. The van der Waals surface area contributed by atoms with Gasteiger partial charge in [0.15, 0.2) is 5.82 Å². The number of hydrogen-bond donors (Lipinski definition) is 1. The predicted molar refractivity (Wildman–Crippen MR) is 112 cm³/mol. The molecule has 2 atom stereocenters. The van der Waals surface area contributed by atoms with Gasteiger partial charge in [-0.05, 0) is 45.3 Å². The Hall–Kier alpha value is -1.82. The van der Waals surface area contributed by atoms with Crippen LogP contribution in [0.3, 0.4) is 0 Å². The molecule has 4 rings (SSSR count). The van der Waals surface area contributed by atoms with Crippen molar-refractivity contribution >= 4 is 0 Å². The fraction of sp³-hybridized carbons (Fsp3) is 0.565. The normalized spacial score (nSPS) is 24.8. The first-order valence-corrected chi connectivity index (χ1v) is 10.7. The molecule has 1 aromatic heterocycles. The highest BCUT2D eigenvalue weighted by Gasteiger charge is 2.32. The van der Waals surface area contributed by atoms with E-state index in [9.17, 15) is 5.11 Å². The predicted octanol–water partition coefficient (Wildman–Crippen LogP) is 3.26. The van der Waals surface area contributed by atoms with Gasteiger partial charge in [0.2, 0.25) is 0 Å². The lowest BCUT2D eigenvalue weighted by Gasteiger charge is -2.41. The molecular formula is C23H32N4O. The van der Waals surface area contributed by atoms with Crippen molar-refractivity contribution in [2.24, 2.45) is 0 Å². The summed E-state index contributed by atoms with van der Waals surface area (Å²) < 4.78 is 0. The van der Waals surface area contributed by atoms with Crippen molar-refractivity contribution in [3.05, 3.63) is 47.8 Å². The Kier molecular flexibility index (Phi) is 6.35. The second kappa shape index (κ2) is 9.12. The third-order valence-corrected chi connectivity index (χ3v) is 6.13. The molecule has 0 spiro atoms. The Morgan fingerprint density at radius 1 is 1.04 bits per heavy atom. The van der Waals surface area contributed by atoms with E-state index < -0.39 is 0 Å². The van der Waals surface area contributed by atoms with Gasteiger partial charge >= 0.3 is 0 Å². The van der Waals surface area contributed by atoms with E-state index in [4.69, 9.17) is 0 Å². The van der Waals surface area contributed by atoms with E-state index in [0.29, 0.717) is 6.04 Å². The summed E-state index contributed by atoms with van der Waals surface area (Å²) in [6.45, 7) is 6.95. The van der Waals surface area contributed by atoms with Crippen LogP contribution in [0.15, 0.2) is 36.7 Å². The fourth-order valence-electron chi connectivity index (χ4n) is 4.61. The number of rotatable bonds is 4. The maximum absolute atomic E-state index is 10.8. The van der Waals surface area contributed by atoms with Crippen molar-refractivity contribution in [3.63, 3.8) is 0 Å². The minimum Gasteiger partial charge on any atom is -0.390 e. The van der Waals surface area contributed by atoms with Gasteiger partial charge in [0.05, 0.1) is 6.10 Å². The number of piperidine rings is 1. The number of nitrogens with zero attached hydrogens (tertiary/aromatic N) is 4. The Balaban J connectivity index is 1.34. The van der Waals surface area contributed by atoms with E-state index in [1.54, 1.807) is 0 Å². The zero-order valence-corrected chi connectivity index (χ0v) is 16.9. The van der Waals surface area contributed by atoms with E-state index >= 15 is 0 Å². The summed E-state index contributed by atoms with van der Waals surface area (Å²) in [6.07, 6.45) is 9.86. The van der Waals surface area contributed by atoms with Gasteiger partial charge in [-0.1, -0.05) is 36.6 Å². The molecule has 2 saturated heterocycles. The molecule has 5 nitrogen and oxygen atoms in total. The molecule has 0 saturated carbocycles. The highest BCUT2D eigenvalue weighted by molar-refractivity contribution is 5.55. The molecule has 0 radical (unpaired) electrons. The van der Waals surface area contributed by atoms with Gasteiger partial charge in [-0.3, -0.25) is 9.80 Å². The van der Waals surface area contributed by atoms with Crippen molar-refractivity contribution in [3.8, 4) is 11.4 Å². The molecule has 0 amide bonds. The minimum atomic E-state index is -0.265. The molecule has 2 aliphatic rings. The summed E-state index contributed by atoms with van der Waals surface area (Å²) in [7, 11) is 0. The average molecular weight is 381 g/mol. The Bertz CT molecular complexity index is 755. The number of likely N-dealkylation sites (tertiary alicyclic amines) is 2. The maximum atomic E-state index is 10.8. The van der Waals surface area contributed by atoms with E-state index in [-0.39, 0.29) is 6.10 Å². The SMILES string of the molecule is Cc1cccc(-c2ncc(CN3CC[C@@H](N4CCCCCC4)[C@H](O)C3)cn2)c1. The molecule has 3 heterocycles. The number of aliphatic hydroxyl groups is 1. The molecule has 150 valence electrons. The topological polar surface area (TPSA) is 52.5 Å². The number of aryl methyl sites for hydroxylation is 1. The molecular weight excluding hydrogens is 348 g/mol. The lowest BCUT2D eigenvalue weighted by molar-refractivity contribution is -0.0144. The third kappa shape index (κ3) is 4.77. The molecule has 2 aliphatic heterocycles. The van der Waals surface area contributed by atoms with Crippen molar-refractivity contribution in [2.75, 3.05) is 26.2 Å². The quantitative estimate of drug-likeness (QED) is 0.882. The van der Waals surface area contributed by atoms with Gasteiger partial charge in [0.25, 0.3) is 0 Å². The Morgan fingerprint density at radius 2 is 1.79 bits per heavy atom. The molecule has 1 N–H and O–H groups in total. The van der Waals surface area contributed by atoms with Crippen LogP contribution in [-0.4, -0.2) is 63.2 Å². The van der Waals surface area contributed by atoms with Crippen LogP contribution in [0.1, 0.15) is 43.2 Å². The second-order valence-corrected chi connectivity index (χ2v) is 8.39. The number of β-amino-alcohol motifs (C(OH)–C–C–N with tert-alkyl or cyclic N) is 1. The lowest BCUT2D eigenvalue weighted by Crippen LogP contribution is -2.54. The highest BCUT2D eigenvalue weighted by Crippen LogP contribution is 2.22. The van der Waals surface area contributed by atoms with Crippen LogP contribution in [0.25, 0.3) is 11.4 Å². The van der Waals surface area contributed by atoms with Gasteiger partial charge in [-0.25, -0.2) is 9.97 Å². The molecule has 0 aliphatic carbocycles. The van der Waals surface area contributed by atoms with Crippen molar-refractivity contribution in [2.45, 2.75) is 57.7 Å². The first-order valence-electron chi connectivity index (χ1n) is 10.7. The van der Waals surface area contributed by atoms with Gasteiger partial charge in [-0.2, -0.15) is 0 Å². The molecule has 5 heteroatoms. The molecule has 2 aromatic rings. The van der Waals surface area contributed by atoms with Gasteiger partial charge in [-0.15, -0.1) is 0 Å². The second-order valence-electron chi connectivity index (χ2n) is 8.39. The van der Waals surface area contributed by atoms with Crippen LogP contribution in [0, 0.1) is 6.92 Å². The third-order valence-electron chi connectivity index (χ3n) is 6.13. The monoisotopic (exact) mass is 380 g/mol. The van der Waals surface area contributed by atoms with Crippen LogP contribution in [0.2, 0.25) is 0 Å². The summed E-state index contributed by atoms with van der Waals surface area (Å²) in [4.78, 5) is 14.0. The largest absolute Gasteiger partial charge is 0.390 e. The summed E-state index contributed by atoms with van der Waals surface area (Å²) in [5.74, 6) is 0.771. The number of aromatic nitrogens is 2. The van der Waals surface area contributed by atoms with Crippen LogP contribution < -0.4 is 0 Å². The summed E-state index contributed by atoms with van der Waals surface area (Å²) in [5.41, 5.74) is 3.38. The van der Waals surface area contributed by atoms with Crippen LogP contribution >= 0.6 is 0 Å².